The Hall–Kier alpha value is -2.90. The maximum absolute atomic E-state index is 13.2. The first-order valence-corrected chi connectivity index (χ1v) is 12.3. The first-order valence-electron chi connectivity index (χ1n) is 12.3. The summed E-state index contributed by atoms with van der Waals surface area (Å²) >= 11 is 0. The van der Waals surface area contributed by atoms with E-state index in [0.717, 1.165) is 56.8 Å². The van der Waals surface area contributed by atoms with Crippen LogP contribution in [0.25, 0.3) is 0 Å². The Labute approximate surface area is 200 Å². The van der Waals surface area contributed by atoms with Crippen LogP contribution >= 0.6 is 0 Å². The molecule has 0 aromatic heterocycles. The molecule has 2 heterocycles. The number of nitrogens with zero attached hydrogens (tertiary/aromatic N) is 1. The van der Waals surface area contributed by atoms with Crippen LogP contribution in [-0.4, -0.2) is 68.8 Å². The molecule has 2 N–H and O–H groups in total. The summed E-state index contributed by atoms with van der Waals surface area (Å²) in [4.78, 5) is 28.3. The molecule has 0 spiro atoms. The van der Waals surface area contributed by atoms with Crippen LogP contribution in [-0.2, 0) is 4.74 Å². The quantitative estimate of drug-likeness (QED) is 0.660. The van der Waals surface area contributed by atoms with Gasteiger partial charge in [0.1, 0.15) is 11.9 Å². The zero-order valence-corrected chi connectivity index (χ0v) is 19.9. The van der Waals surface area contributed by atoms with Gasteiger partial charge in [0.05, 0.1) is 18.8 Å². The number of ether oxygens (including phenoxy) is 2. The van der Waals surface area contributed by atoms with Crippen LogP contribution in [0.4, 0.5) is 0 Å². The Kier molecular flexibility index (Phi) is 6.57. The van der Waals surface area contributed by atoms with Crippen molar-refractivity contribution in [3.63, 3.8) is 0 Å². The zero-order chi connectivity index (χ0) is 23.7. The monoisotopic (exact) mass is 463 g/mol. The van der Waals surface area contributed by atoms with Crippen LogP contribution in [0, 0.1) is 5.92 Å². The summed E-state index contributed by atoms with van der Waals surface area (Å²) in [5, 5.41) is 5.88. The summed E-state index contributed by atoms with van der Waals surface area (Å²) in [7, 11) is 1.60. The molecule has 2 amide bonds. The summed E-state index contributed by atoms with van der Waals surface area (Å²) in [6.45, 7) is 6.66. The third-order valence-corrected chi connectivity index (χ3v) is 7.28. The number of carbonyl (C=O) groups excluding carboxylic acids is 2. The van der Waals surface area contributed by atoms with Gasteiger partial charge in [-0.25, -0.2) is 0 Å². The molecule has 5 rings (SSSR count). The third-order valence-electron chi connectivity index (χ3n) is 7.28. The van der Waals surface area contributed by atoms with E-state index in [0.29, 0.717) is 22.8 Å². The zero-order valence-electron chi connectivity index (χ0n) is 19.9. The Morgan fingerprint density at radius 1 is 1.09 bits per heavy atom. The Morgan fingerprint density at radius 3 is 2.59 bits per heavy atom. The summed E-state index contributed by atoms with van der Waals surface area (Å²) in [5.41, 5.74) is 2.93. The second-order valence-electron chi connectivity index (χ2n) is 9.55. The van der Waals surface area contributed by atoms with Crippen LogP contribution in [0.2, 0.25) is 0 Å². The van der Waals surface area contributed by atoms with Crippen LogP contribution in [0.5, 0.6) is 5.75 Å². The molecule has 3 aliphatic rings. The van der Waals surface area contributed by atoms with E-state index >= 15 is 0 Å². The minimum Gasteiger partial charge on any atom is -0.489 e. The molecule has 1 saturated heterocycles. The lowest BCUT2D eigenvalue weighted by Gasteiger charge is -2.26. The van der Waals surface area contributed by atoms with E-state index in [1.54, 1.807) is 13.1 Å². The van der Waals surface area contributed by atoms with Crippen molar-refractivity contribution in [2.45, 2.75) is 37.8 Å². The molecule has 1 aliphatic carbocycles. The third kappa shape index (κ3) is 4.68. The number of hydrogen-bond donors (Lipinski definition) is 2. The topological polar surface area (TPSA) is 79.9 Å². The minimum absolute atomic E-state index is 0.0328. The van der Waals surface area contributed by atoms with Gasteiger partial charge in [0.2, 0.25) is 0 Å². The maximum Gasteiger partial charge on any atom is 0.254 e. The van der Waals surface area contributed by atoms with Crippen LogP contribution in [0.3, 0.4) is 0 Å². The lowest BCUT2D eigenvalue weighted by Crippen LogP contribution is -2.37. The standard InChI is InChI=1S/C27H33N3O4/c1-17-24(18-6-4-3-5-7-18)21-14-20(15-22(25(21)34-17)27(32)28-2)26(31)29-23-16-19(23)8-9-30-10-12-33-13-11-30/h3-7,14-15,17,19,23-24H,8-13,16H2,1-2H3,(H,28,32)(H,29,31)/t17?,19-,23-,24?/m1/s1. The number of fused-ring (bicyclic) bond motifs is 1. The van der Waals surface area contributed by atoms with E-state index in [1.807, 2.05) is 31.2 Å². The molecule has 0 bridgehead atoms. The van der Waals surface area contributed by atoms with Gasteiger partial charge in [-0.2, -0.15) is 0 Å². The molecule has 0 radical (unpaired) electrons. The maximum atomic E-state index is 13.2. The van der Waals surface area contributed by atoms with Gasteiger partial charge in [0.15, 0.2) is 0 Å². The number of hydrogen-bond acceptors (Lipinski definition) is 5. The number of amides is 2. The van der Waals surface area contributed by atoms with Crippen molar-refractivity contribution >= 4 is 11.8 Å². The van der Waals surface area contributed by atoms with Crippen LogP contribution in [0.1, 0.15) is 57.5 Å². The normalized spacial score (nSPS) is 25.8. The molecule has 1 saturated carbocycles. The van der Waals surface area contributed by atoms with Crippen molar-refractivity contribution < 1.29 is 19.1 Å². The van der Waals surface area contributed by atoms with Crippen molar-refractivity contribution in [2.24, 2.45) is 5.92 Å². The predicted octanol–water partition coefficient (Wildman–Crippen LogP) is 2.80. The highest BCUT2D eigenvalue weighted by molar-refractivity contribution is 6.02. The lowest BCUT2D eigenvalue weighted by molar-refractivity contribution is 0.0367. The Balaban J connectivity index is 1.32. The Bertz CT molecular complexity index is 1050. The molecule has 4 atom stereocenters. The molecule has 2 aromatic rings. The van der Waals surface area contributed by atoms with Gasteiger partial charge in [0, 0.05) is 43.2 Å². The average Bonchev–Trinajstić information content (AvgIpc) is 3.52. The predicted molar refractivity (Wildman–Crippen MR) is 129 cm³/mol. The number of rotatable bonds is 7. The fourth-order valence-electron chi connectivity index (χ4n) is 5.23. The van der Waals surface area contributed by atoms with E-state index in [2.05, 4.69) is 27.7 Å². The highest BCUT2D eigenvalue weighted by atomic mass is 16.5. The van der Waals surface area contributed by atoms with E-state index in [-0.39, 0.29) is 29.9 Å². The van der Waals surface area contributed by atoms with Gasteiger partial charge < -0.3 is 20.1 Å². The minimum atomic E-state index is -0.248. The molecule has 7 nitrogen and oxygen atoms in total. The summed E-state index contributed by atoms with van der Waals surface area (Å²) in [6.07, 6.45) is 1.96. The number of benzene rings is 2. The molecule has 7 heteroatoms. The SMILES string of the molecule is CNC(=O)c1cc(C(=O)N[C@@H]2C[C@H]2CCN2CCOCC2)cc2c1OC(C)C2c1ccccc1. The van der Waals surface area contributed by atoms with Crippen LogP contribution in [0.15, 0.2) is 42.5 Å². The first-order chi connectivity index (χ1) is 16.5. The second kappa shape index (κ2) is 9.76. The Morgan fingerprint density at radius 2 is 1.85 bits per heavy atom. The fourth-order valence-corrected chi connectivity index (χ4v) is 5.23. The molecular formula is C27H33N3O4. The van der Waals surface area contributed by atoms with Crippen molar-refractivity contribution in [3.8, 4) is 5.75 Å². The highest BCUT2D eigenvalue weighted by Gasteiger charge is 2.40. The van der Waals surface area contributed by atoms with E-state index in [1.165, 1.54) is 0 Å². The van der Waals surface area contributed by atoms with Crippen molar-refractivity contribution in [1.29, 1.82) is 0 Å². The fraction of sp³-hybridized carbons (Fsp3) is 0.481. The average molecular weight is 464 g/mol. The number of morpholine rings is 1. The summed E-state index contributed by atoms with van der Waals surface area (Å²) < 4.78 is 11.6. The van der Waals surface area contributed by atoms with Crippen LogP contribution < -0.4 is 15.4 Å². The van der Waals surface area contributed by atoms with E-state index in [4.69, 9.17) is 9.47 Å². The largest absolute Gasteiger partial charge is 0.489 e. The summed E-state index contributed by atoms with van der Waals surface area (Å²) in [5.74, 6) is 0.682. The van der Waals surface area contributed by atoms with E-state index < -0.39 is 0 Å². The smallest absolute Gasteiger partial charge is 0.254 e. The van der Waals surface area contributed by atoms with Crippen molar-refractivity contribution in [1.82, 2.24) is 15.5 Å². The first kappa shape index (κ1) is 22.9. The molecule has 180 valence electrons. The van der Waals surface area contributed by atoms with E-state index in [9.17, 15) is 9.59 Å². The molecule has 2 aliphatic heterocycles. The van der Waals surface area contributed by atoms with Crippen molar-refractivity contribution in [3.05, 3.63) is 64.7 Å². The van der Waals surface area contributed by atoms with Gasteiger partial charge in [0.25, 0.3) is 11.8 Å². The van der Waals surface area contributed by atoms with Gasteiger partial charge in [-0.05, 0) is 49.9 Å². The molecule has 2 fully saturated rings. The second-order valence-corrected chi connectivity index (χ2v) is 9.55. The van der Waals surface area contributed by atoms with Crippen molar-refractivity contribution in [2.75, 3.05) is 39.9 Å². The lowest BCUT2D eigenvalue weighted by atomic mass is 9.87. The van der Waals surface area contributed by atoms with Gasteiger partial charge >= 0.3 is 0 Å². The number of carbonyl (C=O) groups is 2. The van der Waals surface area contributed by atoms with Gasteiger partial charge in [-0.3, -0.25) is 14.5 Å². The molecule has 2 unspecified atom stereocenters. The summed E-state index contributed by atoms with van der Waals surface area (Å²) in [6, 6.07) is 13.9. The number of nitrogens with one attached hydrogen (secondary N) is 2. The molecular weight excluding hydrogens is 430 g/mol. The molecule has 34 heavy (non-hydrogen) atoms. The van der Waals surface area contributed by atoms with Gasteiger partial charge in [-0.1, -0.05) is 30.3 Å². The molecule has 2 aromatic carbocycles. The van der Waals surface area contributed by atoms with Gasteiger partial charge in [-0.15, -0.1) is 0 Å². The highest BCUT2D eigenvalue weighted by Crippen LogP contribution is 2.45.